The van der Waals surface area contributed by atoms with Crippen molar-refractivity contribution in [3.63, 3.8) is 0 Å². The standard InChI is InChI=1S/C41H44N2O7/c1-6-26(2)36(42(4)41(46)49-25-35-33-18-12-10-16-31(33)32-17-11-13-19-34(32)35)38(44)43-37(40(45)48-24-28-14-8-7-9-15-28)27(3)50-39(43)29-20-22-30(47-5)23-21-29/h7-23,26-27,35-37,39H,6,24-25H2,1-5H3/t26-,27?,36-,37-,39-/m0/s1. The lowest BCUT2D eigenvalue weighted by Crippen LogP contribution is -2.56. The summed E-state index contributed by atoms with van der Waals surface area (Å²) in [4.78, 5) is 45.4. The van der Waals surface area contributed by atoms with Gasteiger partial charge in [-0.15, -0.1) is 0 Å². The van der Waals surface area contributed by atoms with E-state index in [0.29, 0.717) is 17.7 Å². The number of ether oxygens (including phenoxy) is 4. The fourth-order valence-corrected chi connectivity index (χ4v) is 7.07. The van der Waals surface area contributed by atoms with Gasteiger partial charge < -0.3 is 18.9 Å². The number of likely N-dealkylation sites (N-methyl/N-ethyl adjacent to an activating group) is 1. The van der Waals surface area contributed by atoms with Crippen LogP contribution in [-0.4, -0.2) is 66.7 Å². The number of carbonyl (C=O) groups excluding carboxylic acids is 3. The lowest BCUT2D eigenvalue weighted by Gasteiger charge is -2.37. The molecule has 0 saturated carbocycles. The van der Waals surface area contributed by atoms with Gasteiger partial charge >= 0.3 is 12.1 Å². The Morgan fingerprint density at radius 3 is 2.04 bits per heavy atom. The van der Waals surface area contributed by atoms with E-state index in [1.165, 1.54) is 9.80 Å². The van der Waals surface area contributed by atoms with Crippen LogP contribution in [0.4, 0.5) is 4.79 Å². The van der Waals surface area contributed by atoms with Gasteiger partial charge in [0, 0.05) is 18.5 Å². The van der Waals surface area contributed by atoms with E-state index in [4.69, 9.17) is 18.9 Å². The van der Waals surface area contributed by atoms with Crippen molar-refractivity contribution >= 4 is 18.0 Å². The Hall–Kier alpha value is -5.15. The number of hydrogen-bond donors (Lipinski definition) is 0. The van der Waals surface area contributed by atoms with Crippen molar-refractivity contribution in [2.45, 2.75) is 64.1 Å². The fraction of sp³-hybridized carbons (Fsp3) is 0.341. The van der Waals surface area contributed by atoms with Crippen LogP contribution in [0.2, 0.25) is 0 Å². The zero-order valence-electron chi connectivity index (χ0n) is 29.2. The average molecular weight is 677 g/mol. The van der Waals surface area contributed by atoms with Crippen LogP contribution in [0.1, 0.15) is 61.6 Å². The van der Waals surface area contributed by atoms with Crippen molar-refractivity contribution in [2.75, 3.05) is 20.8 Å². The summed E-state index contributed by atoms with van der Waals surface area (Å²) < 4.78 is 23.5. The summed E-state index contributed by atoms with van der Waals surface area (Å²) in [5, 5.41) is 0. The normalized spacial score (nSPS) is 19.2. The monoisotopic (exact) mass is 676 g/mol. The molecule has 2 amide bonds. The molecule has 6 rings (SSSR count). The van der Waals surface area contributed by atoms with Gasteiger partial charge in [-0.25, -0.2) is 9.59 Å². The van der Waals surface area contributed by atoms with Gasteiger partial charge in [-0.3, -0.25) is 14.6 Å². The zero-order valence-corrected chi connectivity index (χ0v) is 29.2. The Balaban J connectivity index is 1.27. The van der Waals surface area contributed by atoms with E-state index < -0.39 is 42.4 Å². The number of fused-ring (bicyclic) bond motifs is 3. The van der Waals surface area contributed by atoms with Gasteiger partial charge in [0.1, 0.15) is 25.0 Å². The summed E-state index contributed by atoms with van der Waals surface area (Å²) in [5.74, 6) is -0.779. The number of amides is 2. The van der Waals surface area contributed by atoms with Crippen LogP contribution in [0, 0.1) is 5.92 Å². The largest absolute Gasteiger partial charge is 0.497 e. The van der Waals surface area contributed by atoms with Crippen molar-refractivity contribution in [2.24, 2.45) is 5.92 Å². The van der Waals surface area contributed by atoms with E-state index in [1.54, 1.807) is 33.2 Å². The topological polar surface area (TPSA) is 94.6 Å². The van der Waals surface area contributed by atoms with Crippen LogP contribution in [0.15, 0.2) is 103 Å². The van der Waals surface area contributed by atoms with Crippen molar-refractivity contribution in [3.8, 4) is 16.9 Å². The minimum atomic E-state index is -1.05. The highest BCUT2D eigenvalue weighted by Gasteiger charge is 2.51. The second-order valence-electron chi connectivity index (χ2n) is 13.0. The molecular weight excluding hydrogens is 632 g/mol. The van der Waals surface area contributed by atoms with Gasteiger partial charge in [-0.05, 0) is 52.8 Å². The van der Waals surface area contributed by atoms with Crippen molar-refractivity contribution in [1.82, 2.24) is 9.80 Å². The van der Waals surface area contributed by atoms with Gasteiger partial charge in [0.15, 0.2) is 12.3 Å². The first-order valence-electron chi connectivity index (χ1n) is 17.1. The second kappa shape index (κ2) is 15.2. The molecule has 50 heavy (non-hydrogen) atoms. The maximum absolute atomic E-state index is 14.9. The number of hydrogen-bond acceptors (Lipinski definition) is 7. The molecule has 0 bridgehead atoms. The summed E-state index contributed by atoms with van der Waals surface area (Å²) >= 11 is 0. The molecule has 260 valence electrons. The first kappa shape index (κ1) is 34.7. The average Bonchev–Trinajstić information content (AvgIpc) is 3.67. The lowest BCUT2D eigenvalue weighted by atomic mass is 9.95. The molecule has 5 atom stereocenters. The minimum Gasteiger partial charge on any atom is -0.497 e. The van der Waals surface area contributed by atoms with E-state index in [-0.39, 0.29) is 25.0 Å². The van der Waals surface area contributed by atoms with Crippen molar-refractivity contribution in [1.29, 1.82) is 0 Å². The Labute approximate surface area is 293 Å². The number of methoxy groups -OCH3 is 1. The van der Waals surface area contributed by atoms with Gasteiger partial charge in [0.25, 0.3) is 0 Å². The van der Waals surface area contributed by atoms with Crippen LogP contribution in [0.3, 0.4) is 0 Å². The highest BCUT2D eigenvalue weighted by atomic mass is 16.6. The van der Waals surface area contributed by atoms with Crippen LogP contribution in [-0.2, 0) is 30.4 Å². The van der Waals surface area contributed by atoms with Crippen molar-refractivity contribution in [3.05, 3.63) is 125 Å². The van der Waals surface area contributed by atoms with E-state index >= 15 is 0 Å². The molecular formula is C41H44N2O7. The predicted octanol–water partition coefficient (Wildman–Crippen LogP) is 7.35. The van der Waals surface area contributed by atoms with E-state index in [0.717, 1.165) is 27.8 Å². The molecule has 9 nitrogen and oxygen atoms in total. The number of esters is 1. The number of rotatable bonds is 11. The third kappa shape index (κ3) is 6.83. The molecule has 0 N–H and O–H groups in total. The maximum atomic E-state index is 14.9. The first-order chi connectivity index (χ1) is 24.2. The third-order valence-electron chi connectivity index (χ3n) is 9.94. The Morgan fingerprint density at radius 2 is 1.44 bits per heavy atom. The van der Waals surface area contributed by atoms with Crippen LogP contribution in [0.25, 0.3) is 11.1 Å². The molecule has 1 aliphatic carbocycles. The molecule has 0 spiro atoms. The third-order valence-corrected chi connectivity index (χ3v) is 9.94. The van der Waals surface area contributed by atoms with Gasteiger partial charge in [0.2, 0.25) is 5.91 Å². The van der Waals surface area contributed by atoms with E-state index in [2.05, 4.69) is 24.3 Å². The van der Waals surface area contributed by atoms with Gasteiger partial charge in [-0.1, -0.05) is 111 Å². The van der Waals surface area contributed by atoms with Crippen LogP contribution in [0.5, 0.6) is 5.75 Å². The van der Waals surface area contributed by atoms with Gasteiger partial charge in [0.05, 0.1) is 13.2 Å². The Bertz CT molecular complexity index is 1770. The molecule has 1 aliphatic heterocycles. The number of benzene rings is 4. The summed E-state index contributed by atoms with van der Waals surface area (Å²) in [6.07, 6.45) is -1.62. The lowest BCUT2D eigenvalue weighted by molar-refractivity contribution is -0.158. The van der Waals surface area contributed by atoms with Crippen molar-refractivity contribution < 1.29 is 33.3 Å². The smallest absolute Gasteiger partial charge is 0.410 e. The molecule has 2 aliphatic rings. The minimum absolute atomic E-state index is 0.0482. The second-order valence-corrected chi connectivity index (χ2v) is 13.0. The molecule has 9 heteroatoms. The SMILES string of the molecule is CC[C@H](C)[C@@H](C(=O)N1[C@H](C(=O)OCc2ccccc2)C(C)O[C@H]1c1ccc(OC)cc1)N(C)C(=O)OCC1c2ccccc2-c2ccccc21. The van der Waals surface area contributed by atoms with E-state index in [9.17, 15) is 14.4 Å². The molecule has 1 saturated heterocycles. The highest BCUT2D eigenvalue weighted by molar-refractivity contribution is 5.91. The predicted molar refractivity (Wildman–Crippen MR) is 189 cm³/mol. The molecule has 1 fully saturated rings. The zero-order chi connectivity index (χ0) is 35.4. The summed E-state index contributed by atoms with van der Waals surface area (Å²) in [7, 11) is 3.16. The van der Waals surface area contributed by atoms with E-state index in [1.807, 2.05) is 80.6 Å². The van der Waals surface area contributed by atoms with Crippen LogP contribution >= 0.6 is 0 Å². The summed E-state index contributed by atoms with van der Waals surface area (Å²) in [6.45, 7) is 5.80. The quantitative estimate of drug-likeness (QED) is 0.153. The molecule has 1 unspecified atom stereocenters. The maximum Gasteiger partial charge on any atom is 0.410 e. The highest BCUT2D eigenvalue weighted by Crippen LogP contribution is 2.45. The number of carbonyl (C=O) groups is 3. The molecule has 0 radical (unpaired) electrons. The summed E-state index contributed by atoms with van der Waals surface area (Å²) in [6, 6.07) is 30.8. The fourth-order valence-electron chi connectivity index (χ4n) is 7.07. The molecule has 4 aromatic carbocycles. The van der Waals surface area contributed by atoms with Crippen LogP contribution < -0.4 is 4.74 Å². The molecule has 1 heterocycles. The molecule has 0 aromatic heterocycles. The van der Waals surface area contributed by atoms with Gasteiger partial charge in [-0.2, -0.15) is 0 Å². The Kier molecular flexibility index (Phi) is 10.5. The molecule has 4 aromatic rings. The number of nitrogens with zero attached hydrogens (tertiary/aromatic N) is 2. The first-order valence-corrected chi connectivity index (χ1v) is 17.1. The Morgan fingerprint density at radius 1 is 0.840 bits per heavy atom. The summed E-state index contributed by atoms with van der Waals surface area (Å²) in [5.41, 5.74) is 5.94.